The van der Waals surface area contributed by atoms with E-state index in [-0.39, 0.29) is 11.0 Å². The zero-order valence-corrected chi connectivity index (χ0v) is 12.4. The minimum Gasteiger partial charge on any atom is -0.293 e. The third-order valence-corrected chi connectivity index (χ3v) is 4.74. The van der Waals surface area contributed by atoms with Gasteiger partial charge in [0.15, 0.2) is 5.78 Å². The van der Waals surface area contributed by atoms with E-state index in [1.807, 2.05) is 13.0 Å². The van der Waals surface area contributed by atoms with E-state index in [0.717, 1.165) is 18.4 Å². The Kier molecular flexibility index (Phi) is 3.56. The second-order valence-electron chi connectivity index (χ2n) is 5.05. The van der Waals surface area contributed by atoms with Gasteiger partial charge in [-0.2, -0.15) is 0 Å². The van der Waals surface area contributed by atoms with Crippen LogP contribution in [0, 0.1) is 0 Å². The molecule has 0 bridgehead atoms. The van der Waals surface area contributed by atoms with Crippen molar-refractivity contribution < 1.29 is 4.79 Å². The molecule has 0 unspecified atom stereocenters. The molecule has 5 nitrogen and oxygen atoms in total. The molecular weight excluding hydrogens is 272 g/mol. The molecule has 1 aromatic carbocycles. The number of Topliss-reactive ketones (excluding diaryl/α,β-unsaturated/α-hetero) is 1. The summed E-state index contributed by atoms with van der Waals surface area (Å²) in [5.41, 5.74) is 3.51. The summed E-state index contributed by atoms with van der Waals surface area (Å²) in [7, 11) is 1.77. The number of aromatic nitrogens is 4. The number of fused-ring (bicyclic) bond motifs is 1. The first-order chi connectivity index (χ1) is 9.65. The summed E-state index contributed by atoms with van der Waals surface area (Å²) < 4.78 is 1.58. The van der Waals surface area contributed by atoms with E-state index < -0.39 is 0 Å². The van der Waals surface area contributed by atoms with E-state index in [0.29, 0.717) is 5.16 Å². The minimum atomic E-state index is -0.195. The van der Waals surface area contributed by atoms with E-state index >= 15 is 0 Å². The highest BCUT2D eigenvalue weighted by Gasteiger charge is 2.21. The first-order valence-electron chi connectivity index (χ1n) is 6.70. The van der Waals surface area contributed by atoms with Gasteiger partial charge in [0.05, 0.1) is 5.25 Å². The summed E-state index contributed by atoms with van der Waals surface area (Å²) in [4.78, 5) is 12.5. The lowest BCUT2D eigenvalue weighted by Gasteiger charge is -2.10. The summed E-state index contributed by atoms with van der Waals surface area (Å²) >= 11 is 1.39. The van der Waals surface area contributed by atoms with Gasteiger partial charge in [-0.15, -0.1) is 5.10 Å². The maximum absolute atomic E-state index is 12.5. The van der Waals surface area contributed by atoms with Crippen LogP contribution >= 0.6 is 11.8 Å². The molecule has 3 rings (SSSR count). The van der Waals surface area contributed by atoms with Crippen LogP contribution in [0.5, 0.6) is 0 Å². The molecule has 2 aromatic rings. The van der Waals surface area contributed by atoms with Crippen LogP contribution < -0.4 is 0 Å². The summed E-state index contributed by atoms with van der Waals surface area (Å²) in [5.74, 6) is 0.132. The lowest BCUT2D eigenvalue weighted by Crippen LogP contribution is -2.14. The van der Waals surface area contributed by atoms with Gasteiger partial charge in [0.2, 0.25) is 5.16 Å². The first kappa shape index (κ1) is 13.3. The molecule has 0 amide bonds. The standard InChI is InChI=1S/C14H16N4OS/c1-9(20-14-15-16-17-18(14)2)13(19)12-7-6-10-4-3-5-11(10)8-12/h6-9H,3-5H2,1-2H3/t9-/m1/s1. The number of ketones is 1. The van der Waals surface area contributed by atoms with Crippen molar-refractivity contribution in [2.45, 2.75) is 36.6 Å². The first-order valence-corrected chi connectivity index (χ1v) is 7.58. The van der Waals surface area contributed by atoms with E-state index in [1.165, 1.54) is 29.3 Å². The molecule has 6 heteroatoms. The second kappa shape index (κ2) is 5.36. The van der Waals surface area contributed by atoms with Crippen molar-refractivity contribution in [2.24, 2.45) is 7.05 Å². The molecule has 0 aliphatic heterocycles. The summed E-state index contributed by atoms with van der Waals surface area (Å²) in [6.45, 7) is 1.90. The Bertz CT molecular complexity index is 652. The fourth-order valence-electron chi connectivity index (χ4n) is 2.49. The highest BCUT2D eigenvalue weighted by atomic mass is 32.2. The van der Waals surface area contributed by atoms with Gasteiger partial charge < -0.3 is 0 Å². The Hall–Kier alpha value is -1.69. The van der Waals surface area contributed by atoms with Gasteiger partial charge in [-0.05, 0) is 53.8 Å². The fourth-order valence-corrected chi connectivity index (χ4v) is 3.32. The minimum absolute atomic E-state index is 0.132. The molecule has 0 fully saturated rings. The number of hydrogen-bond donors (Lipinski definition) is 0. The number of aryl methyl sites for hydroxylation is 3. The monoisotopic (exact) mass is 288 g/mol. The molecule has 1 heterocycles. The normalized spacial score (nSPS) is 15.1. The Morgan fingerprint density at radius 2 is 2.15 bits per heavy atom. The summed E-state index contributed by atoms with van der Waals surface area (Å²) in [6.07, 6.45) is 3.42. The molecule has 20 heavy (non-hydrogen) atoms. The molecule has 1 aliphatic carbocycles. The van der Waals surface area contributed by atoms with Crippen LogP contribution in [0.3, 0.4) is 0 Å². The van der Waals surface area contributed by atoms with E-state index in [9.17, 15) is 4.79 Å². The van der Waals surface area contributed by atoms with Crippen LogP contribution in [-0.2, 0) is 19.9 Å². The average Bonchev–Trinajstić information content (AvgIpc) is 3.06. The quantitative estimate of drug-likeness (QED) is 0.636. The maximum Gasteiger partial charge on any atom is 0.209 e. The molecule has 1 atom stereocenters. The van der Waals surface area contributed by atoms with Crippen molar-refractivity contribution in [3.8, 4) is 0 Å². The van der Waals surface area contributed by atoms with Gasteiger partial charge in [0, 0.05) is 12.6 Å². The van der Waals surface area contributed by atoms with Crippen LogP contribution in [0.4, 0.5) is 0 Å². The average molecular weight is 288 g/mol. The molecule has 0 spiro atoms. The predicted molar refractivity (Wildman–Crippen MR) is 76.9 cm³/mol. The van der Waals surface area contributed by atoms with Crippen LogP contribution in [0.1, 0.15) is 34.8 Å². The van der Waals surface area contributed by atoms with Crippen molar-refractivity contribution in [1.29, 1.82) is 0 Å². The number of tetrazole rings is 1. The smallest absolute Gasteiger partial charge is 0.209 e. The van der Waals surface area contributed by atoms with Crippen LogP contribution in [0.15, 0.2) is 23.4 Å². The maximum atomic E-state index is 12.5. The van der Waals surface area contributed by atoms with Gasteiger partial charge in [-0.25, -0.2) is 4.68 Å². The Labute approximate surface area is 121 Å². The largest absolute Gasteiger partial charge is 0.293 e. The number of hydrogen-bond acceptors (Lipinski definition) is 5. The lowest BCUT2D eigenvalue weighted by molar-refractivity contribution is 0.0993. The van der Waals surface area contributed by atoms with Crippen LogP contribution in [0.2, 0.25) is 0 Å². The van der Waals surface area contributed by atoms with Crippen molar-refractivity contribution in [1.82, 2.24) is 20.2 Å². The van der Waals surface area contributed by atoms with E-state index in [4.69, 9.17) is 0 Å². The fraction of sp³-hybridized carbons (Fsp3) is 0.429. The molecule has 104 valence electrons. The van der Waals surface area contributed by atoms with Crippen molar-refractivity contribution >= 4 is 17.5 Å². The lowest BCUT2D eigenvalue weighted by atomic mass is 10.0. The second-order valence-corrected chi connectivity index (χ2v) is 6.35. The molecule has 1 aromatic heterocycles. The zero-order valence-electron chi connectivity index (χ0n) is 11.5. The Morgan fingerprint density at radius 1 is 1.35 bits per heavy atom. The molecular formula is C14H16N4OS. The van der Waals surface area contributed by atoms with Gasteiger partial charge in [-0.1, -0.05) is 23.9 Å². The molecule has 0 N–H and O–H groups in total. The van der Waals surface area contributed by atoms with Crippen molar-refractivity contribution in [2.75, 3.05) is 0 Å². The number of rotatable bonds is 4. The van der Waals surface area contributed by atoms with E-state index in [2.05, 4.69) is 27.7 Å². The highest BCUT2D eigenvalue weighted by molar-refractivity contribution is 8.00. The van der Waals surface area contributed by atoms with Gasteiger partial charge in [0.25, 0.3) is 0 Å². The third-order valence-electron chi connectivity index (χ3n) is 3.62. The Morgan fingerprint density at radius 3 is 2.90 bits per heavy atom. The number of nitrogens with zero attached hydrogens (tertiary/aromatic N) is 4. The van der Waals surface area contributed by atoms with Crippen LogP contribution in [0.25, 0.3) is 0 Å². The predicted octanol–water partition coefficient (Wildman–Crippen LogP) is 2.06. The van der Waals surface area contributed by atoms with Gasteiger partial charge in [0.1, 0.15) is 0 Å². The molecule has 1 aliphatic rings. The number of carbonyl (C=O) groups excluding carboxylic acids is 1. The van der Waals surface area contributed by atoms with Crippen LogP contribution in [-0.4, -0.2) is 31.2 Å². The molecule has 0 radical (unpaired) electrons. The SMILES string of the molecule is C[C@@H](Sc1nnnn1C)C(=O)c1ccc2c(c1)CCC2. The molecule has 0 saturated carbocycles. The third kappa shape index (κ3) is 2.47. The zero-order chi connectivity index (χ0) is 14.1. The van der Waals surface area contributed by atoms with Crippen molar-refractivity contribution in [3.63, 3.8) is 0 Å². The summed E-state index contributed by atoms with van der Waals surface area (Å²) in [6, 6.07) is 6.09. The van der Waals surface area contributed by atoms with Gasteiger partial charge >= 0.3 is 0 Å². The topological polar surface area (TPSA) is 60.7 Å². The number of thioether (sulfide) groups is 1. The number of benzene rings is 1. The van der Waals surface area contributed by atoms with E-state index in [1.54, 1.807) is 11.7 Å². The van der Waals surface area contributed by atoms with Gasteiger partial charge in [-0.3, -0.25) is 4.79 Å². The molecule has 0 saturated heterocycles. The summed E-state index contributed by atoms with van der Waals surface area (Å²) in [5, 5.41) is 11.7. The Balaban J connectivity index is 1.76. The van der Waals surface area contributed by atoms with Crippen molar-refractivity contribution in [3.05, 3.63) is 34.9 Å². The highest BCUT2D eigenvalue weighted by Crippen LogP contribution is 2.26. The number of carbonyl (C=O) groups is 1.